The Hall–Kier alpha value is -0.450. The van der Waals surface area contributed by atoms with Crippen molar-refractivity contribution in [3.05, 3.63) is 0 Å². The van der Waals surface area contributed by atoms with Crippen LogP contribution >= 0.6 is 0 Å². The Balaban J connectivity index is 3.90. The Bertz CT molecular complexity index is 113. The van der Waals surface area contributed by atoms with E-state index in [1.54, 1.807) is 0 Å². The Labute approximate surface area is 65.8 Å². The van der Waals surface area contributed by atoms with Gasteiger partial charge in [-0.25, -0.2) is 0 Å². The lowest BCUT2D eigenvalue weighted by Crippen LogP contribution is -2.37. The van der Waals surface area contributed by atoms with Crippen molar-refractivity contribution in [1.82, 2.24) is 0 Å². The molecule has 0 aromatic rings. The summed E-state index contributed by atoms with van der Waals surface area (Å²) in [6.07, 6.45) is -1.72. The monoisotopic (exact) mass is 162 g/mol. The smallest absolute Gasteiger partial charge is 0.122 e. The van der Waals surface area contributed by atoms with E-state index in [4.69, 9.17) is 9.84 Å². The molecule has 11 heavy (non-hydrogen) atoms. The highest BCUT2D eigenvalue weighted by molar-refractivity contribution is 5.50. The number of aliphatic hydroxyl groups is 2. The fourth-order valence-electron chi connectivity index (χ4n) is 0.781. The normalized spacial score (nSPS) is 18.9. The molecular formula is C7H14O4. The van der Waals surface area contributed by atoms with Crippen molar-refractivity contribution >= 4 is 6.29 Å². The average molecular weight is 162 g/mol. The first-order valence-corrected chi connectivity index (χ1v) is 3.46. The van der Waals surface area contributed by atoms with Crippen LogP contribution in [0.4, 0.5) is 0 Å². The fourth-order valence-corrected chi connectivity index (χ4v) is 0.781. The van der Waals surface area contributed by atoms with Gasteiger partial charge in [-0.2, -0.15) is 0 Å². The summed E-state index contributed by atoms with van der Waals surface area (Å²) in [5.41, 5.74) is 0. The summed E-state index contributed by atoms with van der Waals surface area (Å²) in [5.74, 6) is 0. The minimum Gasteiger partial charge on any atom is -0.391 e. The zero-order valence-electron chi connectivity index (χ0n) is 6.73. The molecule has 0 fully saturated rings. The van der Waals surface area contributed by atoms with Gasteiger partial charge in [0.25, 0.3) is 0 Å². The molecule has 0 aromatic heterocycles. The van der Waals surface area contributed by atoms with E-state index in [9.17, 15) is 9.90 Å². The van der Waals surface area contributed by atoms with E-state index in [-0.39, 0.29) is 6.42 Å². The molecule has 66 valence electrons. The zero-order chi connectivity index (χ0) is 8.85. The molecule has 0 amide bonds. The minimum atomic E-state index is -0.995. The minimum absolute atomic E-state index is 0.0998. The molecule has 2 N–H and O–H groups in total. The molecule has 3 atom stereocenters. The number of hydrogen-bond donors (Lipinski definition) is 2. The Morgan fingerprint density at radius 1 is 1.55 bits per heavy atom. The Morgan fingerprint density at radius 2 is 2.09 bits per heavy atom. The van der Waals surface area contributed by atoms with Crippen LogP contribution < -0.4 is 0 Å². The van der Waals surface area contributed by atoms with Gasteiger partial charge in [0, 0.05) is 13.5 Å². The van der Waals surface area contributed by atoms with E-state index in [0.29, 0.717) is 6.29 Å². The lowest BCUT2D eigenvalue weighted by molar-refractivity contribution is -0.115. The first-order chi connectivity index (χ1) is 5.13. The molecule has 0 bridgehead atoms. The van der Waals surface area contributed by atoms with Gasteiger partial charge >= 0.3 is 0 Å². The highest BCUT2D eigenvalue weighted by Gasteiger charge is 2.22. The molecule has 0 saturated heterocycles. The molecule has 0 spiro atoms. The van der Waals surface area contributed by atoms with Crippen LogP contribution in [0.5, 0.6) is 0 Å². The molecule has 0 aliphatic rings. The van der Waals surface area contributed by atoms with Gasteiger partial charge in [0.15, 0.2) is 0 Å². The Morgan fingerprint density at radius 3 is 2.36 bits per heavy atom. The van der Waals surface area contributed by atoms with Crippen LogP contribution in [0.3, 0.4) is 0 Å². The number of aliphatic hydroxyl groups excluding tert-OH is 2. The third-order valence-corrected chi connectivity index (χ3v) is 1.51. The maximum Gasteiger partial charge on any atom is 0.122 e. The molecular weight excluding hydrogens is 148 g/mol. The van der Waals surface area contributed by atoms with Crippen molar-refractivity contribution in [2.45, 2.75) is 31.7 Å². The third-order valence-electron chi connectivity index (χ3n) is 1.51. The topological polar surface area (TPSA) is 66.8 Å². The van der Waals surface area contributed by atoms with Crippen LogP contribution in [-0.4, -0.2) is 41.9 Å². The van der Waals surface area contributed by atoms with E-state index in [1.807, 2.05) is 0 Å². The van der Waals surface area contributed by atoms with E-state index >= 15 is 0 Å². The van der Waals surface area contributed by atoms with E-state index in [0.717, 1.165) is 0 Å². The largest absolute Gasteiger partial charge is 0.391 e. The van der Waals surface area contributed by atoms with Crippen molar-refractivity contribution in [1.29, 1.82) is 0 Å². The van der Waals surface area contributed by atoms with Crippen LogP contribution in [0, 0.1) is 0 Å². The summed E-state index contributed by atoms with van der Waals surface area (Å²) in [7, 11) is 1.39. The lowest BCUT2D eigenvalue weighted by Gasteiger charge is -2.21. The molecule has 0 saturated carbocycles. The van der Waals surface area contributed by atoms with Crippen LogP contribution in [0.2, 0.25) is 0 Å². The summed E-state index contributed by atoms with van der Waals surface area (Å²) in [5, 5.41) is 18.1. The number of aldehydes is 1. The van der Waals surface area contributed by atoms with Gasteiger partial charge in [0.2, 0.25) is 0 Å². The number of ether oxygens (including phenoxy) is 1. The number of hydrogen-bond acceptors (Lipinski definition) is 4. The van der Waals surface area contributed by atoms with Gasteiger partial charge < -0.3 is 19.7 Å². The van der Waals surface area contributed by atoms with Crippen LogP contribution in [-0.2, 0) is 9.53 Å². The van der Waals surface area contributed by atoms with Gasteiger partial charge in [-0.3, -0.25) is 0 Å². The second-order valence-electron chi connectivity index (χ2n) is 2.41. The lowest BCUT2D eigenvalue weighted by atomic mass is 10.1. The highest BCUT2D eigenvalue weighted by atomic mass is 16.5. The zero-order valence-corrected chi connectivity index (χ0v) is 6.73. The van der Waals surface area contributed by atoms with Crippen LogP contribution in [0.1, 0.15) is 13.3 Å². The van der Waals surface area contributed by atoms with Crippen molar-refractivity contribution in [2.75, 3.05) is 7.11 Å². The molecule has 0 aliphatic heterocycles. The molecule has 4 heteroatoms. The van der Waals surface area contributed by atoms with Crippen molar-refractivity contribution in [3.8, 4) is 0 Å². The first kappa shape index (κ1) is 10.6. The van der Waals surface area contributed by atoms with Crippen molar-refractivity contribution in [2.24, 2.45) is 0 Å². The molecule has 0 rings (SSSR count). The highest BCUT2D eigenvalue weighted by Crippen LogP contribution is 2.05. The van der Waals surface area contributed by atoms with Gasteiger partial charge in [-0.1, -0.05) is 0 Å². The van der Waals surface area contributed by atoms with Crippen molar-refractivity contribution < 1.29 is 19.7 Å². The van der Waals surface area contributed by atoms with E-state index in [2.05, 4.69) is 0 Å². The van der Waals surface area contributed by atoms with Crippen LogP contribution in [0.25, 0.3) is 0 Å². The standard InChI is InChI=1S/C7H14O4/c1-5(9)7(10)6(11-2)3-4-8/h4-7,9-10H,3H2,1-2H3/t5?,6-,7+/m0/s1. The molecule has 4 nitrogen and oxygen atoms in total. The summed E-state index contributed by atoms with van der Waals surface area (Å²) >= 11 is 0. The maximum atomic E-state index is 10.0. The molecule has 0 aliphatic carbocycles. The Kier molecular flexibility index (Phi) is 5.02. The molecule has 0 radical (unpaired) electrons. The van der Waals surface area contributed by atoms with E-state index < -0.39 is 18.3 Å². The first-order valence-electron chi connectivity index (χ1n) is 3.46. The summed E-state index contributed by atoms with van der Waals surface area (Å²) in [6.45, 7) is 1.45. The second-order valence-corrected chi connectivity index (χ2v) is 2.41. The fraction of sp³-hybridized carbons (Fsp3) is 0.857. The second kappa shape index (κ2) is 5.23. The van der Waals surface area contributed by atoms with Gasteiger partial charge in [-0.05, 0) is 6.92 Å². The molecule has 0 aromatic carbocycles. The quantitative estimate of drug-likeness (QED) is 0.526. The van der Waals surface area contributed by atoms with Gasteiger partial charge in [0.05, 0.1) is 12.2 Å². The summed E-state index contributed by atoms with van der Waals surface area (Å²) < 4.78 is 4.77. The average Bonchev–Trinajstić information content (AvgIpc) is 1.98. The summed E-state index contributed by atoms with van der Waals surface area (Å²) in [6, 6.07) is 0. The van der Waals surface area contributed by atoms with Gasteiger partial charge in [0.1, 0.15) is 12.4 Å². The molecule has 0 heterocycles. The number of carbonyl (C=O) groups is 1. The number of carbonyl (C=O) groups excluding carboxylic acids is 1. The van der Waals surface area contributed by atoms with Crippen molar-refractivity contribution in [3.63, 3.8) is 0 Å². The predicted octanol–water partition coefficient (Wildman–Crippen LogP) is -0.668. The predicted molar refractivity (Wildman–Crippen MR) is 39.2 cm³/mol. The third kappa shape index (κ3) is 3.46. The van der Waals surface area contributed by atoms with Crippen LogP contribution in [0.15, 0.2) is 0 Å². The number of rotatable bonds is 5. The summed E-state index contributed by atoms with van der Waals surface area (Å²) in [4.78, 5) is 10.0. The molecule has 1 unspecified atom stereocenters. The van der Waals surface area contributed by atoms with E-state index in [1.165, 1.54) is 14.0 Å². The van der Waals surface area contributed by atoms with Gasteiger partial charge in [-0.15, -0.1) is 0 Å². The SMILES string of the molecule is CO[C@@H](CC=O)[C@H](O)C(C)O. The maximum absolute atomic E-state index is 10.0. The number of methoxy groups -OCH3 is 1.